The molecule has 0 radical (unpaired) electrons. The predicted molar refractivity (Wildman–Crippen MR) is 60.4 cm³/mol. The van der Waals surface area contributed by atoms with Crippen molar-refractivity contribution in [1.82, 2.24) is 5.32 Å². The van der Waals surface area contributed by atoms with Crippen molar-refractivity contribution in [2.24, 2.45) is 0 Å². The van der Waals surface area contributed by atoms with Crippen LogP contribution in [-0.2, 0) is 17.3 Å². The number of rotatable bonds is 5. The van der Waals surface area contributed by atoms with Crippen molar-refractivity contribution >= 4 is 10.8 Å². The summed E-state index contributed by atoms with van der Waals surface area (Å²) in [6, 6.07) is 4.83. The number of phenols is 2. The van der Waals surface area contributed by atoms with Gasteiger partial charge in [0.25, 0.3) is 0 Å². The lowest BCUT2D eigenvalue weighted by molar-refractivity contribution is 0.398. The van der Waals surface area contributed by atoms with Crippen LogP contribution in [0.15, 0.2) is 18.2 Å². The van der Waals surface area contributed by atoms with Crippen LogP contribution in [-0.4, -0.2) is 33.0 Å². The number of phenolic OH excluding ortho intramolecular Hbond substituents is 2. The number of para-hydroxylation sites is 1. The fraction of sp³-hybridized carbons (Fsp3) is 0.400. The van der Waals surface area contributed by atoms with Gasteiger partial charge in [-0.15, -0.1) is 0 Å². The largest absolute Gasteiger partial charge is 0.504 e. The van der Waals surface area contributed by atoms with Crippen molar-refractivity contribution in [3.8, 4) is 11.5 Å². The van der Waals surface area contributed by atoms with E-state index in [1.807, 2.05) is 0 Å². The molecule has 4 nitrogen and oxygen atoms in total. The highest BCUT2D eigenvalue weighted by Gasteiger charge is 2.04. The standard InChI is InChI=1S/C10H15NO3S/c1-15(14)6-5-11-7-8-3-2-4-9(12)10(8)13/h2-4,11-13H,5-7H2,1H3. The summed E-state index contributed by atoms with van der Waals surface area (Å²) in [5.74, 6) is 0.371. The highest BCUT2D eigenvalue weighted by Crippen LogP contribution is 2.27. The normalized spacial score (nSPS) is 12.6. The van der Waals surface area contributed by atoms with Crippen molar-refractivity contribution in [3.63, 3.8) is 0 Å². The summed E-state index contributed by atoms with van der Waals surface area (Å²) in [5, 5.41) is 21.7. The van der Waals surface area contributed by atoms with E-state index in [0.717, 1.165) is 0 Å². The van der Waals surface area contributed by atoms with E-state index < -0.39 is 10.8 Å². The number of aromatic hydroxyl groups is 2. The number of hydrogen-bond donors (Lipinski definition) is 3. The summed E-state index contributed by atoms with van der Waals surface area (Å²) in [7, 11) is -0.808. The van der Waals surface area contributed by atoms with Crippen molar-refractivity contribution < 1.29 is 14.4 Å². The lowest BCUT2D eigenvalue weighted by Crippen LogP contribution is -2.19. The fourth-order valence-corrected chi connectivity index (χ4v) is 1.59. The Kier molecular flexibility index (Phi) is 4.58. The van der Waals surface area contributed by atoms with Gasteiger partial charge in [-0.05, 0) is 6.07 Å². The maximum atomic E-state index is 10.8. The molecule has 0 aliphatic heterocycles. The molecular weight excluding hydrogens is 214 g/mol. The Bertz CT molecular complexity index is 355. The average Bonchev–Trinajstić information content (AvgIpc) is 2.18. The average molecular weight is 229 g/mol. The Hall–Kier alpha value is -1.07. The van der Waals surface area contributed by atoms with Crippen LogP contribution >= 0.6 is 0 Å². The molecule has 0 aliphatic carbocycles. The van der Waals surface area contributed by atoms with Gasteiger partial charge >= 0.3 is 0 Å². The summed E-state index contributed by atoms with van der Waals surface area (Å²) < 4.78 is 10.8. The van der Waals surface area contributed by atoms with Crippen LogP contribution in [0.1, 0.15) is 5.56 Å². The zero-order valence-corrected chi connectivity index (χ0v) is 9.38. The van der Waals surface area contributed by atoms with Crippen LogP contribution in [0.25, 0.3) is 0 Å². The van der Waals surface area contributed by atoms with Crippen LogP contribution in [0.2, 0.25) is 0 Å². The zero-order valence-electron chi connectivity index (χ0n) is 8.56. The van der Waals surface area contributed by atoms with Crippen LogP contribution in [0, 0.1) is 0 Å². The predicted octanol–water partition coefficient (Wildman–Crippen LogP) is 0.566. The Morgan fingerprint density at radius 2 is 2.13 bits per heavy atom. The second kappa shape index (κ2) is 5.72. The Labute approximate surface area is 91.4 Å². The molecule has 0 heterocycles. The molecule has 5 heteroatoms. The van der Waals surface area contributed by atoms with Crippen molar-refractivity contribution in [2.75, 3.05) is 18.6 Å². The van der Waals surface area contributed by atoms with Gasteiger partial charge in [-0.3, -0.25) is 4.21 Å². The molecule has 1 rings (SSSR count). The van der Waals surface area contributed by atoms with Gasteiger partial charge in [-0.2, -0.15) is 0 Å². The second-order valence-corrected chi connectivity index (χ2v) is 4.79. The molecule has 15 heavy (non-hydrogen) atoms. The maximum Gasteiger partial charge on any atom is 0.161 e. The van der Waals surface area contributed by atoms with Gasteiger partial charge in [-0.1, -0.05) is 12.1 Å². The van der Waals surface area contributed by atoms with Crippen molar-refractivity contribution in [1.29, 1.82) is 0 Å². The van der Waals surface area contributed by atoms with Crippen LogP contribution in [0.3, 0.4) is 0 Å². The summed E-state index contributed by atoms with van der Waals surface area (Å²) >= 11 is 0. The molecule has 0 amide bonds. The molecule has 0 aliphatic rings. The molecule has 1 unspecified atom stereocenters. The smallest absolute Gasteiger partial charge is 0.161 e. The van der Waals surface area contributed by atoms with E-state index in [1.165, 1.54) is 6.07 Å². The third-order valence-electron chi connectivity index (χ3n) is 1.98. The highest BCUT2D eigenvalue weighted by molar-refractivity contribution is 7.84. The van der Waals surface area contributed by atoms with E-state index >= 15 is 0 Å². The Morgan fingerprint density at radius 3 is 2.80 bits per heavy atom. The SMILES string of the molecule is CS(=O)CCNCc1cccc(O)c1O. The first-order valence-electron chi connectivity index (χ1n) is 4.62. The first-order valence-corrected chi connectivity index (χ1v) is 6.34. The lowest BCUT2D eigenvalue weighted by Gasteiger charge is -2.06. The van der Waals surface area contributed by atoms with E-state index in [4.69, 9.17) is 0 Å². The zero-order chi connectivity index (χ0) is 11.3. The van der Waals surface area contributed by atoms with Crippen LogP contribution < -0.4 is 5.32 Å². The summed E-state index contributed by atoms with van der Waals surface area (Å²) in [6.07, 6.45) is 1.65. The van der Waals surface area contributed by atoms with Crippen molar-refractivity contribution in [2.45, 2.75) is 6.54 Å². The maximum absolute atomic E-state index is 10.8. The molecule has 0 spiro atoms. The van der Waals surface area contributed by atoms with Crippen LogP contribution in [0.4, 0.5) is 0 Å². The molecule has 3 N–H and O–H groups in total. The number of nitrogens with one attached hydrogen (secondary N) is 1. The topological polar surface area (TPSA) is 69.6 Å². The third kappa shape index (κ3) is 3.89. The van der Waals surface area contributed by atoms with E-state index in [0.29, 0.717) is 24.4 Å². The Morgan fingerprint density at radius 1 is 1.40 bits per heavy atom. The van der Waals surface area contributed by atoms with E-state index in [2.05, 4.69) is 5.32 Å². The number of benzene rings is 1. The summed E-state index contributed by atoms with van der Waals surface area (Å²) in [5.41, 5.74) is 0.636. The molecule has 1 aromatic carbocycles. The van der Waals surface area contributed by atoms with Gasteiger partial charge in [-0.25, -0.2) is 0 Å². The van der Waals surface area contributed by atoms with Gasteiger partial charge in [0.1, 0.15) is 0 Å². The molecule has 0 fully saturated rings. The molecule has 0 bridgehead atoms. The van der Waals surface area contributed by atoms with Crippen LogP contribution in [0.5, 0.6) is 11.5 Å². The second-order valence-electron chi connectivity index (χ2n) is 3.24. The summed E-state index contributed by atoms with van der Waals surface area (Å²) in [4.78, 5) is 0. The molecule has 1 aromatic rings. The minimum atomic E-state index is -0.808. The first kappa shape index (κ1) is 12.0. The third-order valence-corrected chi connectivity index (χ3v) is 2.76. The van der Waals surface area contributed by atoms with Gasteiger partial charge in [0, 0.05) is 41.5 Å². The minimum Gasteiger partial charge on any atom is -0.504 e. The molecule has 0 saturated carbocycles. The van der Waals surface area contributed by atoms with Gasteiger partial charge < -0.3 is 15.5 Å². The van der Waals surface area contributed by atoms with Gasteiger partial charge in [0.15, 0.2) is 11.5 Å². The minimum absolute atomic E-state index is 0.0948. The molecular formula is C10H15NO3S. The summed E-state index contributed by atoms with van der Waals surface area (Å²) in [6.45, 7) is 1.08. The van der Waals surface area contributed by atoms with Crippen molar-refractivity contribution in [3.05, 3.63) is 23.8 Å². The monoisotopic (exact) mass is 229 g/mol. The Balaban J connectivity index is 2.44. The highest BCUT2D eigenvalue weighted by atomic mass is 32.2. The van der Waals surface area contributed by atoms with E-state index in [9.17, 15) is 14.4 Å². The molecule has 1 atom stereocenters. The van der Waals surface area contributed by atoms with E-state index in [1.54, 1.807) is 18.4 Å². The molecule has 0 aromatic heterocycles. The van der Waals surface area contributed by atoms with E-state index in [-0.39, 0.29) is 11.5 Å². The quantitative estimate of drug-likeness (QED) is 0.510. The molecule has 0 saturated heterocycles. The first-order chi connectivity index (χ1) is 7.11. The number of hydrogen-bond acceptors (Lipinski definition) is 4. The lowest BCUT2D eigenvalue weighted by atomic mass is 10.2. The fourth-order valence-electron chi connectivity index (χ4n) is 1.16. The van der Waals surface area contributed by atoms with Gasteiger partial charge in [0.2, 0.25) is 0 Å². The van der Waals surface area contributed by atoms with Gasteiger partial charge in [0.05, 0.1) is 0 Å². The molecule has 84 valence electrons.